The monoisotopic (exact) mass is 258 g/mol. The van der Waals surface area contributed by atoms with E-state index in [0.29, 0.717) is 11.8 Å². The van der Waals surface area contributed by atoms with Crippen molar-refractivity contribution in [3.05, 3.63) is 35.9 Å². The fourth-order valence-corrected chi connectivity index (χ4v) is 2.72. The number of hydrogen-bond acceptors (Lipinski definition) is 2. The fraction of sp³-hybridized carbons (Fsp3) is 0.438. The molecule has 102 valence electrons. The molecule has 1 aromatic rings. The van der Waals surface area contributed by atoms with Gasteiger partial charge in [0.15, 0.2) is 0 Å². The maximum atomic E-state index is 12.1. The van der Waals surface area contributed by atoms with E-state index < -0.39 is 0 Å². The van der Waals surface area contributed by atoms with Gasteiger partial charge in [0.2, 0.25) is 5.91 Å². The molecule has 0 bridgehead atoms. The molecule has 0 aromatic heterocycles. The minimum absolute atomic E-state index is 0.107. The van der Waals surface area contributed by atoms with Gasteiger partial charge in [0.05, 0.1) is 0 Å². The number of nitrogens with two attached hydrogens (primary N) is 1. The van der Waals surface area contributed by atoms with Gasteiger partial charge in [0.1, 0.15) is 0 Å². The Bertz CT molecular complexity index is 454. The van der Waals surface area contributed by atoms with Crippen LogP contribution in [0.15, 0.2) is 30.3 Å². The van der Waals surface area contributed by atoms with Crippen molar-refractivity contribution < 1.29 is 4.79 Å². The van der Waals surface area contributed by atoms with Crippen LogP contribution >= 0.6 is 0 Å². The zero-order valence-corrected chi connectivity index (χ0v) is 11.7. The number of piperidine rings is 1. The molecule has 0 saturated carbocycles. The van der Waals surface area contributed by atoms with Gasteiger partial charge in [-0.3, -0.25) is 4.79 Å². The number of carbonyl (C=O) groups is 1. The molecule has 0 aliphatic carbocycles. The Morgan fingerprint density at radius 1 is 1.21 bits per heavy atom. The summed E-state index contributed by atoms with van der Waals surface area (Å²) in [5.41, 5.74) is 7.37. The molecule has 19 heavy (non-hydrogen) atoms. The molecule has 1 saturated heterocycles. The largest absolute Gasteiger partial charge is 0.399 e. The molecule has 1 aliphatic rings. The Balaban J connectivity index is 1.98. The molecule has 2 unspecified atom stereocenters. The van der Waals surface area contributed by atoms with E-state index in [2.05, 4.69) is 13.8 Å². The summed E-state index contributed by atoms with van der Waals surface area (Å²) in [7, 11) is 0. The number of amides is 1. The van der Waals surface area contributed by atoms with Crippen molar-refractivity contribution in [1.82, 2.24) is 4.90 Å². The lowest BCUT2D eigenvalue weighted by Crippen LogP contribution is -2.41. The number of carbonyl (C=O) groups excluding carboxylic acids is 1. The van der Waals surface area contributed by atoms with E-state index in [1.54, 1.807) is 6.08 Å². The fourth-order valence-electron chi connectivity index (χ4n) is 2.72. The van der Waals surface area contributed by atoms with E-state index in [1.807, 2.05) is 35.2 Å². The molecule has 1 amide bonds. The summed E-state index contributed by atoms with van der Waals surface area (Å²) in [5, 5.41) is 0. The third-order valence-corrected chi connectivity index (χ3v) is 3.54. The van der Waals surface area contributed by atoms with Gasteiger partial charge in [0.25, 0.3) is 0 Å². The van der Waals surface area contributed by atoms with Gasteiger partial charge < -0.3 is 10.6 Å². The molecule has 2 N–H and O–H groups in total. The summed E-state index contributed by atoms with van der Waals surface area (Å²) in [4.78, 5) is 14.1. The SMILES string of the molecule is CC1CC(C)CN(C(=O)/C=C/c2ccc(N)cc2)C1. The summed E-state index contributed by atoms with van der Waals surface area (Å²) < 4.78 is 0. The highest BCUT2D eigenvalue weighted by molar-refractivity contribution is 5.91. The zero-order chi connectivity index (χ0) is 13.8. The molecule has 1 aliphatic heterocycles. The van der Waals surface area contributed by atoms with Crippen LogP contribution in [0, 0.1) is 11.8 Å². The van der Waals surface area contributed by atoms with Gasteiger partial charge in [0, 0.05) is 24.9 Å². The number of likely N-dealkylation sites (tertiary alicyclic amines) is 1. The summed E-state index contributed by atoms with van der Waals surface area (Å²) in [6.07, 6.45) is 4.73. The highest BCUT2D eigenvalue weighted by Crippen LogP contribution is 2.21. The standard InChI is InChI=1S/C16H22N2O/c1-12-9-13(2)11-18(10-12)16(19)8-5-14-3-6-15(17)7-4-14/h3-8,12-13H,9-11,17H2,1-2H3/b8-5+. The van der Waals surface area contributed by atoms with Gasteiger partial charge in [-0.25, -0.2) is 0 Å². The second-order valence-electron chi connectivity index (χ2n) is 5.69. The maximum absolute atomic E-state index is 12.1. The second kappa shape index (κ2) is 5.91. The van der Waals surface area contributed by atoms with Gasteiger partial charge in [-0.1, -0.05) is 26.0 Å². The minimum atomic E-state index is 0.107. The minimum Gasteiger partial charge on any atom is -0.399 e. The first-order chi connectivity index (χ1) is 9.04. The number of nitrogen functional groups attached to an aromatic ring is 1. The average molecular weight is 258 g/mol. The number of anilines is 1. The number of hydrogen-bond donors (Lipinski definition) is 1. The van der Waals surface area contributed by atoms with Crippen LogP contribution in [0.2, 0.25) is 0 Å². The molecule has 3 heteroatoms. The number of rotatable bonds is 2. The van der Waals surface area contributed by atoms with Crippen LogP contribution in [0.1, 0.15) is 25.8 Å². The molecule has 2 atom stereocenters. The van der Waals surface area contributed by atoms with Crippen molar-refractivity contribution in [2.24, 2.45) is 11.8 Å². The lowest BCUT2D eigenvalue weighted by Gasteiger charge is -2.34. The van der Waals surface area contributed by atoms with E-state index in [0.717, 1.165) is 24.3 Å². The normalized spacial score (nSPS) is 23.8. The third kappa shape index (κ3) is 3.85. The zero-order valence-electron chi connectivity index (χ0n) is 11.7. The van der Waals surface area contributed by atoms with Crippen LogP contribution in [0.4, 0.5) is 5.69 Å². The van der Waals surface area contributed by atoms with Crippen LogP contribution < -0.4 is 5.73 Å². The van der Waals surface area contributed by atoms with Crippen LogP contribution in [0.5, 0.6) is 0 Å². The Hall–Kier alpha value is -1.77. The van der Waals surface area contributed by atoms with Gasteiger partial charge in [-0.2, -0.15) is 0 Å². The van der Waals surface area contributed by atoms with Crippen molar-refractivity contribution in [3.8, 4) is 0 Å². The molecule has 0 spiro atoms. The Labute approximate surface area is 115 Å². The van der Waals surface area contributed by atoms with E-state index >= 15 is 0 Å². The summed E-state index contributed by atoms with van der Waals surface area (Å²) in [6, 6.07) is 7.52. The summed E-state index contributed by atoms with van der Waals surface area (Å²) in [5.74, 6) is 1.30. The lowest BCUT2D eigenvalue weighted by molar-refractivity contribution is -0.128. The lowest BCUT2D eigenvalue weighted by atomic mass is 9.92. The van der Waals surface area contributed by atoms with Crippen molar-refractivity contribution in [2.45, 2.75) is 20.3 Å². The second-order valence-corrected chi connectivity index (χ2v) is 5.69. The predicted molar refractivity (Wildman–Crippen MR) is 79.4 cm³/mol. The molecular formula is C16H22N2O. The first-order valence-electron chi connectivity index (χ1n) is 6.87. The van der Waals surface area contributed by atoms with Crippen LogP contribution in [-0.4, -0.2) is 23.9 Å². The van der Waals surface area contributed by atoms with E-state index in [4.69, 9.17) is 5.73 Å². The van der Waals surface area contributed by atoms with Gasteiger partial charge >= 0.3 is 0 Å². The third-order valence-electron chi connectivity index (χ3n) is 3.54. The van der Waals surface area contributed by atoms with Gasteiger partial charge in [-0.05, 0) is 42.0 Å². The number of nitrogens with zero attached hydrogens (tertiary/aromatic N) is 1. The molecule has 3 nitrogen and oxygen atoms in total. The molecule has 2 rings (SSSR count). The summed E-state index contributed by atoms with van der Waals surface area (Å²) >= 11 is 0. The maximum Gasteiger partial charge on any atom is 0.246 e. The molecule has 1 fully saturated rings. The van der Waals surface area contributed by atoms with Crippen LogP contribution in [-0.2, 0) is 4.79 Å². The molecule has 1 heterocycles. The molecule has 0 radical (unpaired) electrons. The molecule has 1 aromatic carbocycles. The number of benzene rings is 1. The topological polar surface area (TPSA) is 46.3 Å². The smallest absolute Gasteiger partial charge is 0.246 e. The quantitative estimate of drug-likeness (QED) is 0.655. The predicted octanol–water partition coefficient (Wildman–Crippen LogP) is 2.79. The highest BCUT2D eigenvalue weighted by atomic mass is 16.2. The van der Waals surface area contributed by atoms with Crippen molar-refractivity contribution in [3.63, 3.8) is 0 Å². The van der Waals surface area contributed by atoms with Crippen molar-refractivity contribution >= 4 is 17.7 Å². The van der Waals surface area contributed by atoms with E-state index in [1.165, 1.54) is 6.42 Å². The first-order valence-corrected chi connectivity index (χ1v) is 6.87. The summed E-state index contributed by atoms with van der Waals surface area (Å²) in [6.45, 7) is 6.16. The van der Waals surface area contributed by atoms with Crippen molar-refractivity contribution in [1.29, 1.82) is 0 Å². The molecular weight excluding hydrogens is 236 g/mol. The van der Waals surface area contributed by atoms with Gasteiger partial charge in [-0.15, -0.1) is 0 Å². The first kappa shape index (κ1) is 13.7. The Morgan fingerprint density at radius 3 is 2.37 bits per heavy atom. The van der Waals surface area contributed by atoms with E-state index in [9.17, 15) is 4.79 Å². The average Bonchev–Trinajstić information content (AvgIpc) is 2.36. The highest BCUT2D eigenvalue weighted by Gasteiger charge is 2.23. The van der Waals surface area contributed by atoms with Crippen LogP contribution in [0.25, 0.3) is 6.08 Å². The van der Waals surface area contributed by atoms with Crippen molar-refractivity contribution in [2.75, 3.05) is 18.8 Å². The van der Waals surface area contributed by atoms with Crippen LogP contribution in [0.3, 0.4) is 0 Å². The Morgan fingerprint density at radius 2 is 1.79 bits per heavy atom. The van der Waals surface area contributed by atoms with E-state index in [-0.39, 0.29) is 5.91 Å². The Kier molecular flexibility index (Phi) is 4.25.